The van der Waals surface area contributed by atoms with Crippen molar-refractivity contribution in [3.05, 3.63) is 41.3 Å². The van der Waals surface area contributed by atoms with Crippen molar-refractivity contribution in [1.82, 2.24) is 9.55 Å². The maximum Gasteiger partial charge on any atom is 0.179 e. The van der Waals surface area contributed by atoms with Crippen LogP contribution in [0.4, 0.5) is 0 Å². The summed E-state index contributed by atoms with van der Waals surface area (Å²) >= 11 is 0. The molecule has 0 fully saturated rings. The molecule has 2 heterocycles. The van der Waals surface area contributed by atoms with Gasteiger partial charge in [0.2, 0.25) is 0 Å². The highest BCUT2D eigenvalue weighted by molar-refractivity contribution is 5.77. The van der Waals surface area contributed by atoms with Crippen molar-refractivity contribution in [1.29, 1.82) is 0 Å². The van der Waals surface area contributed by atoms with Crippen molar-refractivity contribution in [3.63, 3.8) is 0 Å². The number of nitrogens with zero attached hydrogens (tertiary/aromatic N) is 2. The van der Waals surface area contributed by atoms with Crippen molar-refractivity contribution in [3.8, 4) is 11.6 Å². The summed E-state index contributed by atoms with van der Waals surface area (Å²) in [7, 11) is 0. The second kappa shape index (κ2) is 3.81. The molecule has 0 radical (unpaired) electrons. The first kappa shape index (κ1) is 10.4. The molecule has 0 spiro atoms. The highest BCUT2D eigenvalue weighted by Crippen LogP contribution is 2.24. The van der Waals surface area contributed by atoms with E-state index >= 15 is 0 Å². The van der Waals surface area contributed by atoms with Gasteiger partial charge in [-0.1, -0.05) is 0 Å². The Morgan fingerprint density at radius 1 is 1.44 bits per heavy atom. The fourth-order valence-corrected chi connectivity index (χ4v) is 1.79. The maximum absolute atomic E-state index is 10.8. The molecule has 0 unspecified atom stereocenters. The molecule has 0 saturated heterocycles. The number of aryl methyl sites for hydroxylation is 1. The summed E-state index contributed by atoms with van der Waals surface area (Å²) in [6.07, 6.45) is 2.41. The Bertz CT molecular complexity index is 544. The molecular formula is C12H12N2O2. The van der Waals surface area contributed by atoms with Crippen molar-refractivity contribution >= 4 is 6.29 Å². The number of aldehydes is 1. The SMILES string of the molecule is Cc1cc(C=O)c(C)n1-c1ncccc1O. The van der Waals surface area contributed by atoms with Gasteiger partial charge in [-0.2, -0.15) is 0 Å². The first-order valence-electron chi connectivity index (χ1n) is 4.93. The van der Waals surface area contributed by atoms with Crippen LogP contribution in [0.5, 0.6) is 5.75 Å². The van der Waals surface area contributed by atoms with E-state index in [0.29, 0.717) is 11.4 Å². The second-order valence-corrected chi connectivity index (χ2v) is 3.63. The van der Waals surface area contributed by atoms with E-state index in [-0.39, 0.29) is 5.75 Å². The van der Waals surface area contributed by atoms with E-state index in [0.717, 1.165) is 17.7 Å². The van der Waals surface area contributed by atoms with Crippen LogP contribution in [-0.4, -0.2) is 20.9 Å². The Balaban J connectivity index is 2.69. The zero-order chi connectivity index (χ0) is 11.7. The molecule has 0 saturated carbocycles. The van der Waals surface area contributed by atoms with E-state index in [1.54, 1.807) is 29.0 Å². The highest BCUT2D eigenvalue weighted by atomic mass is 16.3. The number of carbonyl (C=O) groups excluding carboxylic acids is 1. The van der Waals surface area contributed by atoms with E-state index in [1.807, 2.05) is 13.8 Å². The molecule has 0 aromatic carbocycles. The van der Waals surface area contributed by atoms with Gasteiger partial charge in [0.15, 0.2) is 17.9 Å². The van der Waals surface area contributed by atoms with Crippen LogP contribution < -0.4 is 0 Å². The molecule has 0 aliphatic carbocycles. The Hall–Kier alpha value is -2.10. The molecule has 16 heavy (non-hydrogen) atoms. The smallest absolute Gasteiger partial charge is 0.179 e. The first-order chi connectivity index (χ1) is 7.65. The maximum atomic E-state index is 10.8. The highest BCUT2D eigenvalue weighted by Gasteiger charge is 2.13. The average Bonchev–Trinajstić information content (AvgIpc) is 2.55. The second-order valence-electron chi connectivity index (χ2n) is 3.63. The number of hydrogen-bond donors (Lipinski definition) is 1. The zero-order valence-electron chi connectivity index (χ0n) is 9.14. The lowest BCUT2D eigenvalue weighted by atomic mass is 10.3. The van der Waals surface area contributed by atoms with Crippen LogP contribution >= 0.6 is 0 Å². The van der Waals surface area contributed by atoms with Gasteiger partial charge in [0.1, 0.15) is 0 Å². The number of rotatable bonds is 2. The largest absolute Gasteiger partial charge is 0.504 e. The van der Waals surface area contributed by atoms with E-state index in [1.165, 1.54) is 0 Å². The Morgan fingerprint density at radius 3 is 2.75 bits per heavy atom. The van der Waals surface area contributed by atoms with E-state index < -0.39 is 0 Å². The molecule has 0 atom stereocenters. The van der Waals surface area contributed by atoms with Gasteiger partial charge in [-0.25, -0.2) is 4.98 Å². The third kappa shape index (κ3) is 1.48. The standard InChI is InChI=1S/C12H12N2O2/c1-8-6-10(7-15)9(2)14(8)12-11(16)4-3-5-13-12/h3-7,16H,1-2H3. The molecule has 0 bridgehead atoms. The van der Waals surface area contributed by atoms with E-state index in [4.69, 9.17) is 0 Å². The van der Waals surface area contributed by atoms with Crippen LogP contribution in [0, 0.1) is 13.8 Å². The summed E-state index contributed by atoms with van der Waals surface area (Å²) in [4.78, 5) is 14.9. The predicted molar refractivity (Wildman–Crippen MR) is 60.1 cm³/mol. The summed E-state index contributed by atoms with van der Waals surface area (Å²) in [6.45, 7) is 3.69. The molecule has 82 valence electrons. The van der Waals surface area contributed by atoms with Crippen molar-refractivity contribution < 1.29 is 9.90 Å². The van der Waals surface area contributed by atoms with Gasteiger partial charge in [-0.15, -0.1) is 0 Å². The average molecular weight is 216 g/mol. The lowest BCUT2D eigenvalue weighted by molar-refractivity contribution is 0.112. The monoisotopic (exact) mass is 216 g/mol. The van der Waals surface area contributed by atoms with Gasteiger partial charge in [-0.3, -0.25) is 9.36 Å². The molecule has 0 aliphatic rings. The van der Waals surface area contributed by atoms with Crippen LogP contribution in [0.3, 0.4) is 0 Å². The first-order valence-corrected chi connectivity index (χ1v) is 4.93. The molecule has 4 heteroatoms. The minimum Gasteiger partial charge on any atom is -0.504 e. The topological polar surface area (TPSA) is 55.1 Å². The molecule has 2 aromatic heterocycles. The molecule has 2 aromatic rings. The van der Waals surface area contributed by atoms with Crippen LogP contribution in [0.1, 0.15) is 21.7 Å². The Kier molecular flexibility index (Phi) is 2.48. The third-order valence-corrected chi connectivity index (χ3v) is 2.58. The number of hydrogen-bond acceptors (Lipinski definition) is 3. The number of carbonyl (C=O) groups is 1. The molecular weight excluding hydrogens is 204 g/mol. The lowest BCUT2D eigenvalue weighted by Gasteiger charge is -2.09. The lowest BCUT2D eigenvalue weighted by Crippen LogP contribution is -2.02. The van der Waals surface area contributed by atoms with Gasteiger partial charge in [0, 0.05) is 23.1 Å². The fourth-order valence-electron chi connectivity index (χ4n) is 1.79. The Morgan fingerprint density at radius 2 is 2.19 bits per heavy atom. The summed E-state index contributed by atoms with van der Waals surface area (Å²) in [5.74, 6) is 0.548. The predicted octanol–water partition coefficient (Wildman–Crippen LogP) is 2.01. The molecule has 0 aliphatic heterocycles. The van der Waals surface area contributed by atoms with Gasteiger partial charge in [0.05, 0.1) is 0 Å². The zero-order valence-corrected chi connectivity index (χ0v) is 9.14. The van der Waals surface area contributed by atoms with Gasteiger partial charge < -0.3 is 5.11 Å². The number of aromatic hydroxyl groups is 1. The minimum atomic E-state index is 0.0988. The Labute approximate surface area is 93.2 Å². The third-order valence-electron chi connectivity index (χ3n) is 2.58. The number of pyridine rings is 1. The normalized spacial score (nSPS) is 10.4. The van der Waals surface area contributed by atoms with Crippen molar-refractivity contribution in [2.24, 2.45) is 0 Å². The van der Waals surface area contributed by atoms with Crippen molar-refractivity contribution in [2.75, 3.05) is 0 Å². The van der Waals surface area contributed by atoms with E-state index in [9.17, 15) is 9.90 Å². The fraction of sp³-hybridized carbons (Fsp3) is 0.167. The summed E-state index contributed by atoms with van der Waals surface area (Å²) < 4.78 is 1.76. The van der Waals surface area contributed by atoms with Crippen LogP contribution in [-0.2, 0) is 0 Å². The van der Waals surface area contributed by atoms with Crippen LogP contribution in [0.15, 0.2) is 24.4 Å². The van der Waals surface area contributed by atoms with Crippen molar-refractivity contribution in [2.45, 2.75) is 13.8 Å². The van der Waals surface area contributed by atoms with E-state index in [2.05, 4.69) is 4.98 Å². The minimum absolute atomic E-state index is 0.0988. The van der Waals surface area contributed by atoms with Crippen LogP contribution in [0.2, 0.25) is 0 Å². The summed E-state index contributed by atoms with van der Waals surface area (Å²) in [5.41, 5.74) is 2.26. The van der Waals surface area contributed by atoms with Gasteiger partial charge >= 0.3 is 0 Å². The molecule has 2 rings (SSSR count). The molecule has 4 nitrogen and oxygen atoms in total. The number of aromatic nitrogens is 2. The van der Waals surface area contributed by atoms with Gasteiger partial charge in [0.25, 0.3) is 0 Å². The summed E-state index contributed by atoms with van der Waals surface area (Å²) in [5, 5.41) is 9.72. The van der Waals surface area contributed by atoms with Gasteiger partial charge in [-0.05, 0) is 32.0 Å². The molecule has 0 amide bonds. The molecule has 1 N–H and O–H groups in total. The summed E-state index contributed by atoms with van der Waals surface area (Å²) in [6, 6.07) is 5.01. The quantitative estimate of drug-likeness (QED) is 0.781. The van der Waals surface area contributed by atoms with Crippen LogP contribution in [0.25, 0.3) is 5.82 Å².